The molecule has 0 aromatic heterocycles. The van der Waals surface area contributed by atoms with Gasteiger partial charge in [0.15, 0.2) is 0 Å². The van der Waals surface area contributed by atoms with Crippen LogP contribution in [-0.2, 0) is 4.79 Å². The van der Waals surface area contributed by atoms with Crippen LogP contribution in [0.4, 0.5) is 5.69 Å². The van der Waals surface area contributed by atoms with Gasteiger partial charge in [-0.1, -0.05) is 41.4 Å². The van der Waals surface area contributed by atoms with Crippen LogP contribution in [0.3, 0.4) is 0 Å². The lowest BCUT2D eigenvalue weighted by atomic mass is 10.3. The molecule has 0 bridgehead atoms. The van der Waals surface area contributed by atoms with Crippen LogP contribution in [0.2, 0.25) is 10.0 Å². The van der Waals surface area contributed by atoms with Crippen molar-refractivity contribution < 1.29 is 4.79 Å². The van der Waals surface area contributed by atoms with Gasteiger partial charge in [0.1, 0.15) is 0 Å². The van der Waals surface area contributed by atoms with Crippen molar-refractivity contribution in [3.8, 4) is 0 Å². The molecule has 0 spiro atoms. The van der Waals surface area contributed by atoms with Crippen LogP contribution >= 0.6 is 35.0 Å². The van der Waals surface area contributed by atoms with Gasteiger partial charge in [0.2, 0.25) is 5.91 Å². The maximum absolute atomic E-state index is 11.8. The second kappa shape index (κ2) is 6.85. The summed E-state index contributed by atoms with van der Waals surface area (Å²) in [5.74, 6) is 0.211. The van der Waals surface area contributed by atoms with Crippen LogP contribution in [0, 0.1) is 0 Å². The topological polar surface area (TPSA) is 29.1 Å². The Hall–Kier alpha value is -1.16. The first-order valence-electron chi connectivity index (χ1n) is 5.58. The molecule has 0 aliphatic heterocycles. The van der Waals surface area contributed by atoms with E-state index in [0.29, 0.717) is 21.5 Å². The Labute approximate surface area is 126 Å². The molecule has 5 heteroatoms. The van der Waals surface area contributed by atoms with E-state index in [2.05, 4.69) is 5.32 Å². The highest BCUT2D eigenvalue weighted by Crippen LogP contribution is 2.26. The summed E-state index contributed by atoms with van der Waals surface area (Å²) in [6.07, 6.45) is 0. The van der Waals surface area contributed by atoms with Gasteiger partial charge in [-0.25, -0.2) is 0 Å². The van der Waals surface area contributed by atoms with E-state index in [1.165, 1.54) is 11.8 Å². The van der Waals surface area contributed by atoms with Crippen molar-refractivity contribution in [3.05, 3.63) is 58.6 Å². The number of nitrogens with one attached hydrogen (secondary N) is 1. The maximum atomic E-state index is 11.8. The molecule has 2 aromatic rings. The molecule has 2 rings (SSSR count). The highest BCUT2D eigenvalue weighted by molar-refractivity contribution is 8.00. The van der Waals surface area contributed by atoms with E-state index in [1.807, 2.05) is 18.2 Å². The van der Waals surface area contributed by atoms with E-state index in [4.69, 9.17) is 23.2 Å². The van der Waals surface area contributed by atoms with Crippen molar-refractivity contribution in [1.29, 1.82) is 0 Å². The van der Waals surface area contributed by atoms with E-state index in [-0.39, 0.29) is 5.91 Å². The van der Waals surface area contributed by atoms with Gasteiger partial charge in [-0.15, -0.1) is 11.8 Å². The van der Waals surface area contributed by atoms with E-state index in [1.54, 1.807) is 30.3 Å². The van der Waals surface area contributed by atoms with E-state index < -0.39 is 0 Å². The fourth-order valence-electron chi connectivity index (χ4n) is 1.47. The SMILES string of the molecule is O=C(CSc1ccccc1Cl)Nc1cccc(Cl)c1. The molecule has 2 nitrogen and oxygen atoms in total. The first-order valence-corrected chi connectivity index (χ1v) is 7.32. The number of anilines is 1. The fraction of sp³-hybridized carbons (Fsp3) is 0.0714. The summed E-state index contributed by atoms with van der Waals surface area (Å²) in [5.41, 5.74) is 0.692. The lowest BCUT2D eigenvalue weighted by Crippen LogP contribution is -2.13. The quantitative estimate of drug-likeness (QED) is 0.827. The standard InChI is InChI=1S/C14H11Cl2NOS/c15-10-4-3-5-11(8-10)17-14(18)9-19-13-7-2-1-6-12(13)16/h1-8H,9H2,(H,17,18). The summed E-state index contributed by atoms with van der Waals surface area (Å²) >= 11 is 13.3. The first kappa shape index (κ1) is 14.3. The molecule has 0 radical (unpaired) electrons. The van der Waals surface area contributed by atoms with Gasteiger partial charge < -0.3 is 5.32 Å². The first-order chi connectivity index (χ1) is 9.15. The van der Waals surface area contributed by atoms with Gasteiger partial charge in [0, 0.05) is 15.6 Å². The highest BCUT2D eigenvalue weighted by Gasteiger charge is 2.06. The second-order valence-corrected chi connectivity index (χ2v) is 5.64. The minimum Gasteiger partial charge on any atom is -0.325 e. The summed E-state index contributed by atoms with van der Waals surface area (Å²) in [7, 11) is 0. The molecule has 19 heavy (non-hydrogen) atoms. The molecule has 0 atom stereocenters. The van der Waals surface area contributed by atoms with E-state index >= 15 is 0 Å². The van der Waals surface area contributed by atoms with Crippen molar-refractivity contribution >= 4 is 46.6 Å². The Bertz CT molecular complexity index is 589. The molecule has 0 aliphatic carbocycles. The zero-order valence-corrected chi connectivity index (χ0v) is 12.2. The van der Waals surface area contributed by atoms with Gasteiger partial charge in [0.05, 0.1) is 10.8 Å². The number of benzene rings is 2. The largest absolute Gasteiger partial charge is 0.325 e. The molecular formula is C14H11Cl2NOS. The maximum Gasteiger partial charge on any atom is 0.234 e. The molecule has 0 fully saturated rings. The number of carbonyl (C=O) groups is 1. The molecule has 0 heterocycles. The number of hydrogen-bond donors (Lipinski definition) is 1. The summed E-state index contributed by atoms with van der Waals surface area (Å²) in [4.78, 5) is 12.7. The van der Waals surface area contributed by atoms with Crippen molar-refractivity contribution in [3.63, 3.8) is 0 Å². The molecular weight excluding hydrogens is 301 g/mol. The number of thioether (sulfide) groups is 1. The average molecular weight is 312 g/mol. The van der Waals surface area contributed by atoms with Crippen LogP contribution in [0.15, 0.2) is 53.4 Å². The van der Waals surface area contributed by atoms with Gasteiger partial charge in [-0.3, -0.25) is 4.79 Å². The van der Waals surface area contributed by atoms with Crippen molar-refractivity contribution in [1.82, 2.24) is 0 Å². The smallest absolute Gasteiger partial charge is 0.234 e. The van der Waals surface area contributed by atoms with Crippen molar-refractivity contribution in [2.75, 3.05) is 11.1 Å². The van der Waals surface area contributed by atoms with Crippen LogP contribution in [-0.4, -0.2) is 11.7 Å². The van der Waals surface area contributed by atoms with Gasteiger partial charge in [-0.05, 0) is 30.3 Å². The second-order valence-electron chi connectivity index (χ2n) is 3.78. The lowest BCUT2D eigenvalue weighted by Gasteiger charge is -2.06. The summed E-state index contributed by atoms with van der Waals surface area (Å²) in [5, 5.41) is 4.03. The van der Waals surface area contributed by atoms with Crippen LogP contribution < -0.4 is 5.32 Å². The molecule has 98 valence electrons. The Balaban J connectivity index is 1.90. The van der Waals surface area contributed by atoms with E-state index in [0.717, 1.165) is 4.90 Å². The predicted octanol–water partition coefficient (Wildman–Crippen LogP) is 4.72. The normalized spacial score (nSPS) is 10.2. The number of halogens is 2. The van der Waals surface area contributed by atoms with Gasteiger partial charge >= 0.3 is 0 Å². The van der Waals surface area contributed by atoms with E-state index in [9.17, 15) is 4.79 Å². The molecule has 1 N–H and O–H groups in total. The minimum absolute atomic E-state index is 0.0906. The Morgan fingerprint density at radius 2 is 1.89 bits per heavy atom. The predicted molar refractivity (Wildman–Crippen MR) is 82.3 cm³/mol. The molecule has 2 aromatic carbocycles. The molecule has 0 saturated carbocycles. The number of rotatable bonds is 4. The lowest BCUT2D eigenvalue weighted by molar-refractivity contribution is -0.113. The van der Waals surface area contributed by atoms with Crippen LogP contribution in [0.1, 0.15) is 0 Å². The third-order valence-electron chi connectivity index (χ3n) is 2.30. The Morgan fingerprint density at radius 1 is 1.11 bits per heavy atom. The molecule has 0 unspecified atom stereocenters. The fourth-order valence-corrected chi connectivity index (χ4v) is 2.70. The summed E-state index contributed by atoms with van der Waals surface area (Å²) in [6.45, 7) is 0. The molecule has 1 amide bonds. The van der Waals surface area contributed by atoms with Crippen molar-refractivity contribution in [2.24, 2.45) is 0 Å². The monoisotopic (exact) mass is 311 g/mol. The summed E-state index contributed by atoms with van der Waals surface area (Å²) in [6, 6.07) is 14.5. The minimum atomic E-state index is -0.0906. The third-order valence-corrected chi connectivity index (χ3v) is 4.05. The van der Waals surface area contributed by atoms with Crippen LogP contribution in [0.5, 0.6) is 0 Å². The van der Waals surface area contributed by atoms with Gasteiger partial charge in [-0.2, -0.15) is 0 Å². The van der Waals surface area contributed by atoms with Crippen molar-refractivity contribution in [2.45, 2.75) is 4.90 Å². The van der Waals surface area contributed by atoms with Crippen LogP contribution in [0.25, 0.3) is 0 Å². The zero-order valence-electron chi connectivity index (χ0n) is 9.90. The number of hydrogen-bond acceptors (Lipinski definition) is 2. The third kappa shape index (κ3) is 4.46. The van der Waals surface area contributed by atoms with Gasteiger partial charge in [0.25, 0.3) is 0 Å². The number of carbonyl (C=O) groups excluding carboxylic acids is 1. The highest BCUT2D eigenvalue weighted by atomic mass is 35.5. The Morgan fingerprint density at radius 3 is 2.63 bits per heavy atom. The summed E-state index contributed by atoms with van der Waals surface area (Å²) < 4.78 is 0. The number of amides is 1. The average Bonchev–Trinajstić information content (AvgIpc) is 2.38. The molecule has 0 saturated heterocycles. The Kier molecular flexibility index (Phi) is 5.14. The molecule has 0 aliphatic rings. The zero-order chi connectivity index (χ0) is 13.7.